The first-order valence-corrected chi connectivity index (χ1v) is 7.97. The zero-order valence-corrected chi connectivity index (χ0v) is 13.5. The summed E-state index contributed by atoms with van der Waals surface area (Å²) in [6.45, 7) is 7.29. The molecule has 2 rings (SSSR count). The Morgan fingerprint density at radius 3 is 2.70 bits per heavy atom. The summed E-state index contributed by atoms with van der Waals surface area (Å²) in [7, 11) is 0. The van der Waals surface area contributed by atoms with Crippen molar-refractivity contribution in [3.05, 3.63) is 48.3 Å². The number of nitrogens with zero attached hydrogens (tertiary/aromatic N) is 2. The first-order valence-electron chi connectivity index (χ1n) is 7.97. The van der Waals surface area contributed by atoms with Crippen LogP contribution in [0.2, 0.25) is 0 Å². The van der Waals surface area contributed by atoms with Crippen molar-refractivity contribution in [1.29, 1.82) is 0 Å². The lowest BCUT2D eigenvalue weighted by atomic mass is 9.99. The zero-order valence-electron chi connectivity index (χ0n) is 13.5. The van der Waals surface area contributed by atoms with Gasteiger partial charge in [-0.05, 0) is 49.5 Å². The summed E-state index contributed by atoms with van der Waals surface area (Å²) in [6, 6.07) is 6.52. The number of carbonyl (C=O) groups is 2. The fraction of sp³-hybridized carbons (Fsp3) is 0.444. The summed E-state index contributed by atoms with van der Waals surface area (Å²) in [4.78, 5) is 27.3. The molecule has 0 radical (unpaired) electrons. The van der Waals surface area contributed by atoms with Crippen molar-refractivity contribution in [2.75, 3.05) is 26.2 Å². The zero-order chi connectivity index (χ0) is 16.8. The molecule has 1 unspecified atom stereocenters. The molecule has 0 N–H and O–H groups in total. The smallest absolute Gasteiger partial charge is 0.246 e. The molecular weight excluding hydrogens is 295 g/mol. The Bertz CT molecular complexity index is 571. The average molecular weight is 318 g/mol. The van der Waals surface area contributed by atoms with Crippen LogP contribution in [0.25, 0.3) is 0 Å². The summed E-state index contributed by atoms with van der Waals surface area (Å²) in [5.41, 5.74) is 1.09. The fourth-order valence-corrected chi connectivity index (χ4v) is 2.92. The van der Waals surface area contributed by atoms with Gasteiger partial charge in [0.2, 0.25) is 11.8 Å². The third kappa shape index (κ3) is 4.65. The van der Waals surface area contributed by atoms with Crippen LogP contribution in [0.4, 0.5) is 4.39 Å². The normalized spacial score (nSPS) is 17.1. The van der Waals surface area contributed by atoms with Gasteiger partial charge in [0.1, 0.15) is 5.82 Å². The van der Waals surface area contributed by atoms with E-state index in [4.69, 9.17) is 0 Å². The van der Waals surface area contributed by atoms with Gasteiger partial charge in [0.15, 0.2) is 0 Å². The molecule has 2 amide bonds. The van der Waals surface area contributed by atoms with Crippen LogP contribution in [-0.4, -0.2) is 47.8 Å². The van der Waals surface area contributed by atoms with Crippen LogP contribution in [0.1, 0.15) is 18.9 Å². The topological polar surface area (TPSA) is 40.6 Å². The number of hydrogen-bond acceptors (Lipinski definition) is 2. The van der Waals surface area contributed by atoms with Gasteiger partial charge >= 0.3 is 0 Å². The largest absolute Gasteiger partial charge is 0.341 e. The van der Waals surface area contributed by atoms with E-state index in [0.29, 0.717) is 25.6 Å². The number of likely N-dealkylation sites (N-methyl/N-ethyl adjacent to an activating group) is 1. The van der Waals surface area contributed by atoms with Gasteiger partial charge in [0.25, 0.3) is 0 Å². The van der Waals surface area contributed by atoms with E-state index in [1.165, 1.54) is 23.1 Å². The van der Waals surface area contributed by atoms with Crippen LogP contribution < -0.4 is 0 Å². The predicted molar refractivity (Wildman–Crippen MR) is 87.2 cm³/mol. The molecule has 0 aromatic heterocycles. The van der Waals surface area contributed by atoms with E-state index < -0.39 is 0 Å². The highest BCUT2D eigenvalue weighted by Crippen LogP contribution is 2.21. The van der Waals surface area contributed by atoms with Crippen LogP contribution in [0.3, 0.4) is 0 Å². The van der Waals surface area contributed by atoms with Gasteiger partial charge in [-0.15, -0.1) is 0 Å². The second-order valence-corrected chi connectivity index (χ2v) is 5.88. The summed E-state index contributed by atoms with van der Waals surface area (Å²) >= 11 is 0. The first-order chi connectivity index (χ1) is 11.0. The van der Waals surface area contributed by atoms with Gasteiger partial charge in [-0.2, -0.15) is 0 Å². The van der Waals surface area contributed by atoms with E-state index in [2.05, 4.69) is 6.58 Å². The molecule has 124 valence electrons. The van der Waals surface area contributed by atoms with Crippen molar-refractivity contribution in [3.8, 4) is 0 Å². The molecule has 0 aliphatic carbocycles. The maximum atomic E-state index is 12.9. The quantitative estimate of drug-likeness (QED) is 0.755. The predicted octanol–water partition coefficient (Wildman–Crippen LogP) is 2.25. The molecule has 0 bridgehead atoms. The molecule has 0 saturated carbocycles. The Morgan fingerprint density at radius 2 is 2.09 bits per heavy atom. The fourth-order valence-electron chi connectivity index (χ4n) is 2.92. The van der Waals surface area contributed by atoms with Crippen LogP contribution in [-0.2, 0) is 16.0 Å². The van der Waals surface area contributed by atoms with Gasteiger partial charge in [-0.3, -0.25) is 9.59 Å². The Balaban J connectivity index is 1.86. The molecule has 23 heavy (non-hydrogen) atoms. The van der Waals surface area contributed by atoms with Gasteiger partial charge in [0, 0.05) is 19.6 Å². The molecule has 1 heterocycles. The van der Waals surface area contributed by atoms with Crippen LogP contribution in [0.15, 0.2) is 36.9 Å². The van der Waals surface area contributed by atoms with Gasteiger partial charge in [0.05, 0.1) is 6.54 Å². The minimum Gasteiger partial charge on any atom is -0.341 e. The highest BCUT2D eigenvalue weighted by molar-refractivity contribution is 5.90. The molecule has 0 spiro atoms. The summed E-state index contributed by atoms with van der Waals surface area (Å²) in [6.07, 6.45) is 3.01. The van der Waals surface area contributed by atoms with Crippen molar-refractivity contribution in [2.45, 2.75) is 19.8 Å². The Hall–Kier alpha value is -2.17. The van der Waals surface area contributed by atoms with E-state index in [1.807, 2.05) is 11.8 Å². The van der Waals surface area contributed by atoms with Crippen LogP contribution >= 0.6 is 0 Å². The van der Waals surface area contributed by atoms with Crippen molar-refractivity contribution in [3.63, 3.8) is 0 Å². The van der Waals surface area contributed by atoms with E-state index in [9.17, 15) is 14.0 Å². The Kier molecular flexibility index (Phi) is 5.90. The van der Waals surface area contributed by atoms with E-state index in [-0.39, 0.29) is 24.2 Å². The molecule has 1 fully saturated rings. The first kappa shape index (κ1) is 17.2. The third-order valence-electron chi connectivity index (χ3n) is 4.27. The van der Waals surface area contributed by atoms with E-state index in [0.717, 1.165) is 18.4 Å². The standard InChI is InChI=1S/C18H23FN2O2/c1-3-17(22)20(4-2)13-18(23)21-10-9-15(12-21)11-14-5-7-16(19)8-6-14/h3,5-8,15H,1,4,9-13H2,2H3. The lowest BCUT2D eigenvalue weighted by Crippen LogP contribution is -2.41. The van der Waals surface area contributed by atoms with Crippen molar-refractivity contribution < 1.29 is 14.0 Å². The molecule has 1 aromatic carbocycles. The second kappa shape index (κ2) is 7.90. The van der Waals surface area contributed by atoms with E-state index >= 15 is 0 Å². The van der Waals surface area contributed by atoms with Crippen LogP contribution in [0.5, 0.6) is 0 Å². The molecule has 1 aromatic rings. The van der Waals surface area contributed by atoms with Crippen LogP contribution in [0, 0.1) is 11.7 Å². The number of hydrogen-bond donors (Lipinski definition) is 0. The summed E-state index contributed by atoms with van der Waals surface area (Å²) < 4.78 is 12.9. The summed E-state index contributed by atoms with van der Waals surface area (Å²) in [5, 5.41) is 0. The van der Waals surface area contributed by atoms with Crippen molar-refractivity contribution >= 4 is 11.8 Å². The molecule has 1 aliphatic heterocycles. The summed E-state index contributed by atoms with van der Waals surface area (Å²) in [5.74, 6) is -0.0929. The van der Waals surface area contributed by atoms with Crippen molar-refractivity contribution in [1.82, 2.24) is 9.80 Å². The lowest BCUT2D eigenvalue weighted by Gasteiger charge is -2.23. The maximum Gasteiger partial charge on any atom is 0.246 e. The monoisotopic (exact) mass is 318 g/mol. The maximum absolute atomic E-state index is 12.9. The number of amides is 2. The molecule has 1 aliphatic rings. The number of likely N-dealkylation sites (tertiary alicyclic amines) is 1. The number of carbonyl (C=O) groups excluding carboxylic acids is 2. The van der Waals surface area contributed by atoms with Gasteiger partial charge in [-0.25, -0.2) is 4.39 Å². The van der Waals surface area contributed by atoms with E-state index in [1.54, 1.807) is 12.1 Å². The third-order valence-corrected chi connectivity index (χ3v) is 4.27. The van der Waals surface area contributed by atoms with Crippen molar-refractivity contribution in [2.24, 2.45) is 5.92 Å². The average Bonchev–Trinajstić information content (AvgIpc) is 3.02. The second-order valence-electron chi connectivity index (χ2n) is 5.88. The molecular formula is C18H23FN2O2. The lowest BCUT2D eigenvalue weighted by molar-refractivity contribution is -0.137. The molecule has 1 atom stereocenters. The number of benzene rings is 1. The van der Waals surface area contributed by atoms with Gasteiger partial charge < -0.3 is 9.80 Å². The highest BCUT2D eigenvalue weighted by Gasteiger charge is 2.27. The molecule has 1 saturated heterocycles. The SMILES string of the molecule is C=CC(=O)N(CC)CC(=O)N1CCC(Cc2ccc(F)cc2)C1. The Labute approximate surface area is 136 Å². The molecule has 5 heteroatoms. The highest BCUT2D eigenvalue weighted by atomic mass is 19.1. The van der Waals surface area contributed by atoms with Gasteiger partial charge in [-0.1, -0.05) is 18.7 Å². The number of halogens is 1. The Morgan fingerprint density at radius 1 is 1.39 bits per heavy atom. The minimum absolute atomic E-state index is 0.0244. The minimum atomic E-state index is -0.233. The number of rotatable bonds is 6. The molecule has 4 nitrogen and oxygen atoms in total.